The van der Waals surface area contributed by atoms with Crippen molar-refractivity contribution in [2.45, 2.75) is 17.5 Å². The molecule has 0 aromatic rings. The summed E-state index contributed by atoms with van der Waals surface area (Å²) >= 11 is 3.47. The summed E-state index contributed by atoms with van der Waals surface area (Å²) in [6.07, 6.45) is 1.17. The zero-order valence-corrected chi connectivity index (χ0v) is 7.22. The summed E-state index contributed by atoms with van der Waals surface area (Å²) < 4.78 is 10.1. The lowest BCUT2D eigenvalue weighted by Crippen LogP contribution is -2.16. The van der Waals surface area contributed by atoms with Crippen molar-refractivity contribution in [2.75, 3.05) is 14.2 Å². The molecule has 9 heavy (non-hydrogen) atoms. The van der Waals surface area contributed by atoms with Gasteiger partial charge in [-0.25, -0.2) is 0 Å². The highest BCUT2D eigenvalue weighted by Crippen LogP contribution is 2.41. The molecule has 0 bridgehead atoms. The van der Waals surface area contributed by atoms with Crippen molar-refractivity contribution in [1.29, 1.82) is 0 Å². The van der Waals surface area contributed by atoms with Crippen molar-refractivity contribution in [3.8, 4) is 0 Å². The molecule has 0 spiro atoms. The van der Waals surface area contributed by atoms with Gasteiger partial charge in [-0.1, -0.05) is 15.9 Å². The lowest BCUT2D eigenvalue weighted by Gasteiger charge is -2.10. The Bertz CT molecular complexity index is 93.1. The Morgan fingerprint density at radius 2 is 1.89 bits per heavy atom. The van der Waals surface area contributed by atoms with Gasteiger partial charge in [-0.05, 0) is 6.42 Å². The van der Waals surface area contributed by atoms with Crippen LogP contribution in [0.25, 0.3) is 0 Å². The van der Waals surface area contributed by atoms with Crippen LogP contribution < -0.4 is 0 Å². The second-order valence-electron chi connectivity index (χ2n) is 2.26. The maximum Gasteiger partial charge on any atom is 0.160 e. The molecular weight excluding hydrogens is 184 g/mol. The molecule has 1 rings (SSSR count). The lowest BCUT2D eigenvalue weighted by atomic mass is 10.4. The van der Waals surface area contributed by atoms with Gasteiger partial charge in [0.15, 0.2) is 6.29 Å². The fourth-order valence-electron chi connectivity index (χ4n) is 0.909. The molecule has 0 radical (unpaired) electrons. The first kappa shape index (κ1) is 7.51. The third-order valence-corrected chi connectivity index (χ3v) is 2.63. The van der Waals surface area contributed by atoms with Crippen LogP contribution in [-0.4, -0.2) is 25.3 Å². The maximum absolute atomic E-state index is 5.04. The van der Waals surface area contributed by atoms with E-state index in [2.05, 4.69) is 15.9 Å². The highest BCUT2D eigenvalue weighted by Gasteiger charge is 2.41. The molecule has 0 N–H and O–H groups in total. The van der Waals surface area contributed by atoms with Gasteiger partial charge in [0.1, 0.15) is 0 Å². The number of hydrogen-bond donors (Lipinski definition) is 0. The molecular formula is C6H11BrO2. The summed E-state index contributed by atoms with van der Waals surface area (Å²) in [5, 5.41) is 0. The third-order valence-electron chi connectivity index (χ3n) is 1.57. The van der Waals surface area contributed by atoms with Crippen LogP contribution in [0.15, 0.2) is 0 Å². The first-order valence-electron chi connectivity index (χ1n) is 2.99. The van der Waals surface area contributed by atoms with Crippen LogP contribution >= 0.6 is 15.9 Å². The van der Waals surface area contributed by atoms with Crippen molar-refractivity contribution >= 4 is 15.9 Å². The van der Waals surface area contributed by atoms with Gasteiger partial charge in [0, 0.05) is 25.0 Å². The minimum absolute atomic E-state index is 0.00521. The van der Waals surface area contributed by atoms with Crippen molar-refractivity contribution in [3.05, 3.63) is 0 Å². The van der Waals surface area contributed by atoms with Gasteiger partial charge in [-0.3, -0.25) is 0 Å². The van der Waals surface area contributed by atoms with E-state index in [0.29, 0.717) is 10.7 Å². The van der Waals surface area contributed by atoms with E-state index >= 15 is 0 Å². The number of alkyl halides is 1. The Balaban J connectivity index is 2.23. The van der Waals surface area contributed by atoms with E-state index in [0.717, 1.165) is 0 Å². The Kier molecular flexibility index (Phi) is 2.50. The first-order chi connectivity index (χ1) is 4.29. The fraction of sp³-hybridized carbons (Fsp3) is 1.00. The number of hydrogen-bond acceptors (Lipinski definition) is 2. The highest BCUT2D eigenvalue weighted by atomic mass is 79.9. The summed E-state index contributed by atoms with van der Waals surface area (Å²) in [4.78, 5) is 0.613. The van der Waals surface area contributed by atoms with Gasteiger partial charge in [-0.15, -0.1) is 0 Å². The molecule has 0 aromatic heterocycles. The third kappa shape index (κ3) is 1.66. The van der Waals surface area contributed by atoms with E-state index in [1.54, 1.807) is 14.2 Å². The molecule has 1 aliphatic carbocycles. The molecule has 0 aliphatic heterocycles. The van der Waals surface area contributed by atoms with Crippen LogP contribution in [0.5, 0.6) is 0 Å². The highest BCUT2D eigenvalue weighted by molar-refractivity contribution is 9.09. The van der Waals surface area contributed by atoms with Gasteiger partial charge in [0.25, 0.3) is 0 Å². The van der Waals surface area contributed by atoms with E-state index in [9.17, 15) is 0 Å². The molecule has 1 fully saturated rings. The Labute approximate surface area is 63.7 Å². The molecule has 1 aliphatic rings. The smallest absolute Gasteiger partial charge is 0.160 e. The predicted octanol–water partition coefficient (Wildman–Crippen LogP) is 1.39. The van der Waals surface area contributed by atoms with E-state index in [1.165, 1.54) is 6.42 Å². The lowest BCUT2D eigenvalue weighted by molar-refractivity contribution is -0.115. The minimum atomic E-state index is -0.00521. The molecule has 2 nitrogen and oxygen atoms in total. The van der Waals surface area contributed by atoms with Gasteiger partial charge in [0.05, 0.1) is 0 Å². The van der Waals surface area contributed by atoms with Crippen LogP contribution in [0.1, 0.15) is 6.42 Å². The van der Waals surface area contributed by atoms with Crippen LogP contribution in [0.2, 0.25) is 0 Å². The summed E-state index contributed by atoms with van der Waals surface area (Å²) in [6, 6.07) is 0. The molecule has 0 amide bonds. The summed E-state index contributed by atoms with van der Waals surface area (Å²) in [7, 11) is 3.35. The van der Waals surface area contributed by atoms with Crippen LogP contribution in [0.4, 0.5) is 0 Å². The van der Waals surface area contributed by atoms with Gasteiger partial charge >= 0.3 is 0 Å². The van der Waals surface area contributed by atoms with Crippen molar-refractivity contribution in [3.63, 3.8) is 0 Å². The fourth-order valence-corrected chi connectivity index (χ4v) is 1.59. The van der Waals surface area contributed by atoms with Crippen LogP contribution in [-0.2, 0) is 9.47 Å². The Morgan fingerprint density at radius 1 is 1.44 bits per heavy atom. The van der Waals surface area contributed by atoms with Crippen molar-refractivity contribution < 1.29 is 9.47 Å². The number of halogens is 1. The van der Waals surface area contributed by atoms with E-state index in [-0.39, 0.29) is 6.29 Å². The van der Waals surface area contributed by atoms with Crippen LogP contribution in [0, 0.1) is 5.92 Å². The quantitative estimate of drug-likeness (QED) is 0.500. The maximum atomic E-state index is 5.04. The molecule has 1 saturated carbocycles. The zero-order valence-electron chi connectivity index (χ0n) is 5.63. The first-order valence-corrected chi connectivity index (χ1v) is 3.90. The topological polar surface area (TPSA) is 18.5 Å². The van der Waals surface area contributed by atoms with E-state index in [4.69, 9.17) is 9.47 Å². The summed E-state index contributed by atoms with van der Waals surface area (Å²) in [5.74, 6) is 0.569. The number of ether oxygens (including phenoxy) is 2. The number of methoxy groups -OCH3 is 2. The van der Waals surface area contributed by atoms with Gasteiger partial charge < -0.3 is 9.47 Å². The van der Waals surface area contributed by atoms with Gasteiger partial charge in [0.2, 0.25) is 0 Å². The SMILES string of the molecule is COC(OC)C1CC1Br. The average molecular weight is 195 g/mol. The normalized spacial score (nSPS) is 33.3. The largest absolute Gasteiger partial charge is 0.356 e. The Hall–Kier alpha value is 0.400. The molecule has 3 heteroatoms. The molecule has 0 saturated heterocycles. The minimum Gasteiger partial charge on any atom is -0.356 e. The summed E-state index contributed by atoms with van der Waals surface area (Å²) in [5.41, 5.74) is 0. The summed E-state index contributed by atoms with van der Waals surface area (Å²) in [6.45, 7) is 0. The average Bonchev–Trinajstić information content (AvgIpc) is 2.51. The molecule has 0 aromatic carbocycles. The van der Waals surface area contributed by atoms with Crippen LogP contribution in [0.3, 0.4) is 0 Å². The standard InChI is InChI=1S/C6H11BrO2/c1-8-6(9-2)4-3-5(4)7/h4-6H,3H2,1-2H3. The molecule has 54 valence electrons. The second-order valence-corrected chi connectivity index (χ2v) is 3.43. The Morgan fingerprint density at radius 3 is 2.00 bits per heavy atom. The molecule has 2 atom stereocenters. The van der Waals surface area contributed by atoms with E-state index in [1.807, 2.05) is 0 Å². The predicted molar refractivity (Wildman–Crippen MR) is 38.6 cm³/mol. The van der Waals surface area contributed by atoms with E-state index < -0.39 is 0 Å². The molecule has 2 unspecified atom stereocenters. The number of rotatable bonds is 3. The zero-order chi connectivity index (χ0) is 6.85. The van der Waals surface area contributed by atoms with Crippen molar-refractivity contribution in [1.82, 2.24) is 0 Å². The van der Waals surface area contributed by atoms with Gasteiger partial charge in [-0.2, -0.15) is 0 Å². The molecule has 0 heterocycles. The van der Waals surface area contributed by atoms with Crippen molar-refractivity contribution in [2.24, 2.45) is 5.92 Å². The second kappa shape index (κ2) is 2.99. The monoisotopic (exact) mass is 194 g/mol.